The van der Waals surface area contributed by atoms with E-state index in [-0.39, 0.29) is 11.8 Å². The first-order chi connectivity index (χ1) is 11.6. The van der Waals surface area contributed by atoms with Gasteiger partial charge in [0.05, 0.1) is 6.21 Å². The number of rotatable bonds is 4. The molecular formula is C19H18BrN3O. The zero-order valence-corrected chi connectivity index (χ0v) is 15.1. The lowest BCUT2D eigenvalue weighted by molar-refractivity contribution is 0.0949. The second-order valence-electron chi connectivity index (χ2n) is 5.86. The minimum Gasteiger partial charge on any atom is -0.350 e. The van der Waals surface area contributed by atoms with Crippen molar-refractivity contribution in [1.29, 1.82) is 0 Å². The molecule has 1 aromatic heterocycles. The zero-order valence-electron chi connectivity index (χ0n) is 13.5. The monoisotopic (exact) mass is 383 g/mol. The van der Waals surface area contributed by atoms with Crippen LogP contribution in [0.2, 0.25) is 0 Å². The molecule has 3 aromatic rings. The third-order valence-corrected chi connectivity index (χ3v) is 4.33. The van der Waals surface area contributed by atoms with E-state index in [0.717, 1.165) is 26.5 Å². The van der Waals surface area contributed by atoms with Gasteiger partial charge < -0.3 is 4.98 Å². The molecule has 3 rings (SSSR count). The highest BCUT2D eigenvalue weighted by atomic mass is 79.9. The van der Waals surface area contributed by atoms with E-state index in [4.69, 9.17) is 0 Å². The predicted octanol–water partition coefficient (Wildman–Crippen LogP) is 4.82. The van der Waals surface area contributed by atoms with Crippen molar-refractivity contribution in [2.75, 3.05) is 0 Å². The van der Waals surface area contributed by atoms with Crippen molar-refractivity contribution in [2.45, 2.75) is 19.8 Å². The van der Waals surface area contributed by atoms with Crippen LogP contribution in [0.5, 0.6) is 0 Å². The molecule has 0 spiro atoms. The van der Waals surface area contributed by atoms with Gasteiger partial charge in [-0.2, -0.15) is 5.10 Å². The standard InChI is InChI=1S/C19H18BrN3O/c1-12(2)17-15-5-3-4-6-16(15)22-18(17)19(24)23-21-11-13-7-9-14(20)10-8-13/h3-12,22H,1-2H3,(H,23,24)/b21-11+. The Labute approximate surface area is 149 Å². The fraction of sp³-hybridized carbons (Fsp3) is 0.158. The number of hydrogen-bond donors (Lipinski definition) is 2. The van der Waals surface area contributed by atoms with Gasteiger partial charge in [0.2, 0.25) is 0 Å². The van der Waals surface area contributed by atoms with Crippen molar-refractivity contribution in [3.8, 4) is 0 Å². The first-order valence-corrected chi connectivity index (χ1v) is 8.55. The number of para-hydroxylation sites is 1. The van der Waals surface area contributed by atoms with Crippen molar-refractivity contribution in [1.82, 2.24) is 10.4 Å². The van der Waals surface area contributed by atoms with Crippen LogP contribution in [0.4, 0.5) is 0 Å². The maximum absolute atomic E-state index is 12.5. The number of aromatic nitrogens is 1. The van der Waals surface area contributed by atoms with E-state index in [0.29, 0.717) is 5.69 Å². The van der Waals surface area contributed by atoms with Gasteiger partial charge in [0.1, 0.15) is 5.69 Å². The van der Waals surface area contributed by atoms with Crippen molar-refractivity contribution in [3.05, 3.63) is 69.8 Å². The molecule has 0 aliphatic heterocycles. The van der Waals surface area contributed by atoms with Crippen LogP contribution in [-0.2, 0) is 0 Å². The summed E-state index contributed by atoms with van der Waals surface area (Å²) in [5, 5.41) is 5.14. The van der Waals surface area contributed by atoms with Gasteiger partial charge in [0.15, 0.2) is 0 Å². The van der Waals surface area contributed by atoms with E-state index < -0.39 is 0 Å². The van der Waals surface area contributed by atoms with Gasteiger partial charge in [-0.1, -0.05) is 60.1 Å². The highest BCUT2D eigenvalue weighted by Crippen LogP contribution is 2.28. The smallest absolute Gasteiger partial charge is 0.288 e. The van der Waals surface area contributed by atoms with Crippen molar-refractivity contribution in [3.63, 3.8) is 0 Å². The second kappa shape index (κ2) is 7.01. The third kappa shape index (κ3) is 3.41. The van der Waals surface area contributed by atoms with Gasteiger partial charge in [-0.15, -0.1) is 0 Å². The highest BCUT2D eigenvalue weighted by molar-refractivity contribution is 9.10. The summed E-state index contributed by atoms with van der Waals surface area (Å²) in [7, 11) is 0. The lowest BCUT2D eigenvalue weighted by Gasteiger charge is -2.07. The Morgan fingerprint density at radius 1 is 1.17 bits per heavy atom. The Bertz CT molecular complexity index is 895. The average molecular weight is 384 g/mol. The fourth-order valence-electron chi connectivity index (χ4n) is 2.71. The summed E-state index contributed by atoms with van der Waals surface area (Å²) in [6.07, 6.45) is 1.63. The van der Waals surface area contributed by atoms with E-state index in [2.05, 4.69) is 45.3 Å². The molecule has 0 atom stereocenters. The van der Waals surface area contributed by atoms with Crippen LogP contribution in [-0.4, -0.2) is 17.1 Å². The van der Waals surface area contributed by atoms with Crippen LogP contribution in [0, 0.1) is 0 Å². The molecular weight excluding hydrogens is 366 g/mol. The highest BCUT2D eigenvalue weighted by Gasteiger charge is 2.19. The molecule has 0 aliphatic carbocycles. The number of H-pyrrole nitrogens is 1. The zero-order chi connectivity index (χ0) is 17.1. The van der Waals surface area contributed by atoms with E-state index in [9.17, 15) is 4.79 Å². The van der Waals surface area contributed by atoms with E-state index in [1.165, 1.54) is 0 Å². The van der Waals surface area contributed by atoms with Crippen LogP contribution in [0.1, 0.15) is 41.4 Å². The normalized spacial score (nSPS) is 11.5. The molecule has 24 heavy (non-hydrogen) atoms. The van der Waals surface area contributed by atoms with Crippen molar-refractivity contribution >= 4 is 39.0 Å². The topological polar surface area (TPSA) is 57.2 Å². The minimum atomic E-state index is -0.233. The second-order valence-corrected chi connectivity index (χ2v) is 6.78. The average Bonchev–Trinajstić information content (AvgIpc) is 2.96. The maximum Gasteiger partial charge on any atom is 0.288 e. The molecule has 2 N–H and O–H groups in total. The lowest BCUT2D eigenvalue weighted by Crippen LogP contribution is -2.19. The van der Waals surface area contributed by atoms with Crippen LogP contribution in [0.15, 0.2) is 58.1 Å². The lowest BCUT2D eigenvalue weighted by atomic mass is 9.99. The molecule has 5 heteroatoms. The number of carbonyl (C=O) groups excluding carboxylic acids is 1. The van der Waals surface area contributed by atoms with Crippen molar-refractivity contribution < 1.29 is 4.79 Å². The summed E-state index contributed by atoms with van der Waals surface area (Å²) in [6.45, 7) is 4.16. The summed E-state index contributed by atoms with van der Waals surface area (Å²) >= 11 is 3.39. The molecule has 0 aliphatic rings. The van der Waals surface area contributed by atoms with E-state index in [1.807, 2.05) is 48.5 Å². The van der Waals surface area contributed by atoms with E-state index in [1.54, 1.807) is 6.21 Å². The first kappa shape index (κ1) is 16.5. The van der Waals surface area contributed by atoms with Gasteiger partial charge in [-0.05, 0) is 35.2 Å². The molecule has 4 nitrogen and oxygen atoms in total. The largest absolute Gasteiger partial charge is 0.350 e. The predicted molar refractivity (Wildman–Crippen MR) is 102 cm³/mol. The van der Waals surface area contributed by atoms with E-state index >= 15 is 0 Å². The number of nitrogens with one attached hydrogen (secondary N) is 2. The summed E-state index contributed by atoms with van der Waals surface area (Å²) < 4.78 is 1.00. The molecule has 1 amide bonds. The van der Waals surface area contributed by atoms with Gasteiger partial charge >= 0.3 is 0 Å². The molecule has 0 bridgehead atoms. The molecule has 0 radical (unpaired) electrons. The van der Waals surface area contributed by atoms with Crippen molar-refractivity contribution in [2.24, 2.45) is 5.10 Å². The molecule has 0 unspecified atom stereocenters. The van der Waals surface area contributed by atoms with Crippen LogP contribution in [0.25, 0.3) is 10.9 Å². The summed E-state index contributed by atoms with van der Waals surface area (Å²) in [5.41, 5.74) is 6.07. The summed E-state index contributed by atoms with van der Waals surface area (Å²) in [4.78, 5) is 15.7. The number of fused-ring (bicyclic) bond motifs is 1. The summed E-state index contributed by atoms with van der Waals surface area (Å²) in [5.74, 6) is 0.000569. The number of halogens is 1. The molecule has 0 fully saturated rings. The number of amides is 1. The Morgan fingerprint density at radius 3 is 2.58 bits per heavy atom. The Morgan fingerprint density at radius 2 is 1.88 bits per heavy atom. The Hall–Kier alpha value is -2.40. The van der Waals surface area contributed by atoms with Gasteiger partial charge in [0, 0.05) is 15.4 Å². The van der Waals surface area contributed by atoms with Crippen LogP contribution < -0.4 is 5.43 Å². The third-order valence-electron chi connectivity index (χ3n) is 3.80. The molecule has 122 valence electrons. The van der Waals surface area contributed by atoms with Gasteiger partial charge in [-0.25, -0.2) is 5.43 Å². The number of hydrogen-bond acceptors (Lipinski definition) is 2. The van der Waals surface area contributed by atoms with Gasteiger partial charge in [0.25, 0.3) is 5.91 Å². The Kier molecular flexibility index (Phi) is 4.81. The quantitative estimate of drug-likeness (QED) is 0.492. The van der Waals surface area contributed by atoms with Gasteiger partial charge in [-0.3, -0.25) is 4.79 Å². The number of carbonyl (C=O) groups is 1. The number of aromatic amines is 1. The molecule has 0 saturated carbocycles. The number of benzene rings is 2. The minimum absolute atomic E-state index is 0.233. The first-order valence-electron chi connectivity index (χ1n) is 7.76. The SMILES string of the molecule is CC(C)c1c(C(=O)N/N=C/c2ccc(Br)cc2)[nH]c2ccccc12. The number of hydrazone groups is 1. The molecule has 2 aromatic carbocycles. The fourth-order valence-corrected chi connectivity index (χ4v) is 2.98. The molecule has 0 saturated heterocycles. The van der Waals surface area contributed by atoms with Crippen LogP contribution >= 0.6 is 15.9 Å². The maximum atomic E-state index is 12.5. The molecule has 1 heterocycles. The van der Waals surface area contributed by atoms with Crippen LogP contribution in [0.3, 0.4) is 0 Å². The summed E-state index contributed by atoms with van der Waals surface area (Å²) in [6, 6.07) is 15.6. The number of nitrogens with zero attached hydrogens (tertiary/aromatic N) is 1. The Balaban J connectivity index is 1.83.